The van der Waals surface area contributed by atoms with E-state index in [9.17, 15) is 5.11 Å². The molecule has 5 nitrogen and oxygen atoms in total. The molecule has 2 saturated carbocycles. The van der Waals surface area contributed by atoms with Gasteiger partial charge in [-0.15, -0.1) is 0 Å². The molecule has 0 spiro atoms. The lowest BCUT2D eigenvalue weighted by atomic mass is 10.1. The predicted molar refractivity (Wildman–Crippen MR) is 106 cm³/mol. The Balaban J connectivity index is 1.60. The SMILES string of the molecule is CCNC(=NCc1ccc(C)cc1OCC1CC1)NCC1CCCC1O. The molecule has 0 saturated heterocycles. The highest BCUT2D eigenvalue weighted by Gasteiger charge is 2.25. The lowest BCUT2D eigenvalue weighted by Crippen LogP contribution is -2.41. The van der Waals surface area contributed by atoms with E-state index in [2.05, 4.69) is 42.7 Å². The van der Waals surface area contributed by atoms with Gasteiger partial charge in [-0.2, -0.15) is 0 Å². The third-order valence-electron chi connectivity index (χ3n) is 5.30. The summed E-state index contributed by atoms with van der Waals surface area (Å²) in [6.45, 7) is 7.15. The van der Waals surface area contributed by atoms with Gasteiger partial charge in [0.2, 0.25) is 0 Å². The Bertz CT molecular complexity index is 613. The lowest BCUT2D eigenvalue weighted by Gasteiger charge is -2.18. The van der Waals surface area contributed by atoms with E-state index in [0.29, 0.717) is 12.5 Å². The summed E-state index contributed by atoms with van der Waals surface area (Å²) in [5.74, 6) is 2.84. The van der Waals surface area contributed by atoms with Gasteiger partial charge in [-0.3, -0.25) is 0 Å². The number of nitrogens with zero attached hydrogens (tertiary/aromatic N) is 1. The van der Waals surface area contributed by atoms with Gasteiger partial charge in [-0.1, -0.05) is 18.6 Å². The van der Waals surface area contributed by atoms with Crippen LogP contribution in [0, 0.1) is 18.8 Å². The minimum absolute atomic E-state index is 0.176. The number of nitrogens with one attached hydrogen (secondary N) is 2. The van der Waals surface area contributed by atoms with Gasteiger partial charge in [-0.25, -0.2) is 4.99 Å². The van der Waals surface area contributed by atoms with Crippen molar-refractivity contribution in [3.8, 4) is 5.75 Å². The fourth-order valence-corrected chi connectivity index (χ4v) is 3.41. The molecule has 1 aromatic rings. The van der Waals surface area contributed by atoms with Crippen LogP contribution in [0.25, 0.3) is 0 Å². The smallest absolute Gasteiger partial charge is 0.191 e. The second kappa shape index (κ2) is 9.26. The number of rotatable bonds is 8. The van der Waals surface area contributed by atoms with Gasteiger partial charge in [-0.05, 0) is 57.1 Å². The zero-order chi connectivity index (χ0) is 18.4. The zero-order valence-electron chi connectivity index (χ0n) is 16.1. The molecule has 0 heterocycles. The Morgan fingerprint density at radius 2 is 2.08 bits per heavy atom. The number of guanidine groups is 1. The van der Waals surface area contributed by atoms with Gasteiger partial charge in [0.15, 0.2) is 5.96 Å². The van der Waals surface area contributed by atoms with E-state index >= 15 is 0 Å². The molecule has 0 aromatic heterocycles. The average Bonchev–Trinajstić information content (AvgIpc) is 3.37. The quantitative estimate of drug-likeness (QED) is 0.493. The first kappa shape index (κ1) is 19.0. The van der Waals surface area contributed by atoms with Crippen LogP contribution in [0.5, 0.6) is 5.75 Å². The summed E-state index contributed by atoms with van der Waals surface area (Å²) in [6, 6.07) is 6.35. The molecule has 26 heavy (non-hydrogen) atoms. The van der Waals surface area contributed by atoms with E-state index in [0.717, 1.165) is 62.1 Å². The Morgan fingerprint density at radius 1 is 1.23 bits per heavy atom. The summed E-state index contributed by atoms with van der Waals surface area (Å²) in [6.07, 6.45) is 5.54. The van der Waals surface area contributed by atoms with Gasteiger partial charge < -0.3 is 20.5 Å². The number of ether oxygens (including phenoxy) is 1. The number of hydrogen-bond acceptors (Lipinski definition) is 3. The van der Waals surface area contributed by atoms with E-state index in [1.807, 2.05) is 0 Å². The van der Waals surface area contributed by atoms with E-state index in [-0.39, 0.29) is 6.10 Å². The molecule has 5 heteroatoms. The molecule has 3 N–H and O–H groups in total. The fraction of sp³-hybridized carbons (Fsp3) is 0.667. The molecular formula is C21H33N3O2. The Morgan fingerprint density at radius 3 is 2.77 bits per heavy atom. The lowest BCUT2D eigenvalue weighted by molar-refractivity contribution is 0.134. The van der Waals surface area contributed by atoms with Crippen LogP contribution in [0.2, 0.25) is 0 Å². The van der Waals surface area contributed by atoms with Crippen molar-refractivity contribution in [2.75, 3.05) is 19.7 Å². The molecular weight excluding hydrogens is 326 g/mol. The first-order valence-corrected chi connectivity index (χ1v) is 10.1. The maximum absolute atomic E-state index is 9.99. The van der Waals surface area contributed by atoms with Crippen LogP contribution in [0.3, 0.4) is 0 Å². The van der Waals surface area contributed by atoms with Crippen molar-refractivity contribution in [1.29, 1.82) is 0 Å². The van der Waals surface area contributed by atoms with Crippen molar-refractivity contribution in [2.45, 2.75) is 58.6 Å². The summed E-state index contributed by atoms with van der Waals surface area (Å²) in [7, 11) is 0. The van der Waals surface area contributed by atoms with Crippen LogP contribution in [0.15, 0.2) is 23.2 Å². The van der Waals surface area contributed by atoms with Crippen LogP contribution in [0.1, 0.15) is 50.2 Å². The van der Waals surface area contributed by atoms with E-state index in [1.165, 1.54) is 18.4 Å². The van der Waals surface area contributed by atoms with Crippen LogP contribution in [0.4, 0.5) is 0 Å². The molecule has 144 valence electrons. The third-order valence-corrected chi connectivity index (χ3v) is 5.30. The molecule has 2 unspecified atom stereocenters. The van der Waals surface area contributed by atoms with Crippen molar-refractivity contribution < 1.29 is 9.84 Å². The topological polar surface area (TPSA) is 65.9 Å². The zero-order valence-corrected chi connectivity index (χ0v) is 16.1. The number of benzene rings is 1. The molecule has 2 atom stereocenters. The second-order valence-electron chi connectivity index (χ2n) is 7.70. The van der Waals surface area contributed by atoms with Crippen molar-refractivity contribution >= 4 is 5.96 Å². The van der Waals surface area contributed by atoms with Gasteiger partial charge in [0.25, 0.3) is 0 Å². The monoisotopic (exact) mass is 359 g/mol. The number of aliphatic hydroxyl groups excluding tert-OH is 1. The largest absolute Gasteiger partial charge is 0.493 e. The first-order chi connectivity index (χ1) is 12.7. The van der Waals surface area contributed by atoms with Gasteiger partial charge >= 0.3 is 0 Å². The molecule has 2 aliphatic carbocycles. The summed E-state index contributed by atoms with van der Waals surface area (Å²) < 4.78 is 6.05. The molecule has 3 rings (SSSR count). The highest BCUT2D eigenvalue weighted by atomic mass is 16.5. The van der Waals surface area contributed by atoms with Crippen LogP contribution in [-0.4, -0.2) is 36.9 Å². The standard InChI is InChI=1S/C21H33N3O2/c1-3-22-21(23-12-17-5-4-6-19(17)25)24-13-18-10-7-15(2)11-20(18)26-14-16-8-9-16/h7,10-11,16-17,19,25H,3-6,8-9,12-14H2,1-2H3,(H2,22,23,24). The average molecular weight is 360 g/mol. The number of aliphatic imine (C=N–C) groups is 1. The summed E-state index contributed by atoms with van der Waals surface area (Å²) in [5.41, 5.74) is 2.33. The fourth-order valence-electron chi connectivity index (χ4n) is 3.41. The number of aliphatic hydroxyl groups is 1. The molecule has 0 amide bonds. The Hall–Kier alpha value is -1.75. The van der Waals surface area contributed by atoms with E-state index < -0.39 is 0 Å². The van der Waals surface area contributed by atoms with Crippen LogP contribution >= 0.6 is 0 Å². The second-order valence-corrected chi connectivity index (χ2v) is 7.70. The molecule has 0 bridgehead atoms. The number of aryl methyl sites for hydroxylation is 1. The molecule has 0 radical (unpaired) electrons. The maximum atomic E-state index is 9.99. The molecule has 2 aliphatic rings. The van der Waals surface area contributed by atoms with Crippen LogP contribution < -0.4 is 15.4 Å². The third kappa shape index (κ3) is 5.63. The summed E-state index contributed by atoms with van der Waals surface area (Å²) in [5, 5.41) is 16.7. The van der Waals surface area contributed by atoms with E-state index in [4.69, 9.17) is 9.73 Å². The first-order valence-electron chi connectivity index (χ1n) is 10.1. The van der Waals surface area contributed by atoms with Gasteiger partial charge in [0, 0.05) is 24.6 Å². The molecule has 2 fully saturated rings. The molecule has 0 aliphatic heterocycles. The Kier molecular flexibility index (Phi) is 6.78. The normalized spacial score (nSPS) is 23.1. The summed E-state index contributed by atoms with van der Waals surface area (Å²) in [4.78, 5) is 4.74. The van der Waals surface area contributed by atoms with Gasteiger partial charge in [0.05, 0.1) is 19.3 Å². The predicted octanol–water partition coefficient (Wildman–Crippen LogP) is 3.00. The minimum atomic E-state index is -0.176. The highest BCUT2D eigenvalue weighted by Crippen LogP contribution is 2.31. The minimum Gasteiger partial charge on any atom is -0.493 e. The molecule has 1 aromatic carbocycles. The van der Waals surface area contributed by atoms with Crippen molar-refractivity contribution in [2.24, 2.45) is 16.8 Å². The van der Waals surface area contributed by atoms with Crippen molar-refractivity contribution in [1.82, 2.24) is 10.6 Å². The van der Waals surface area contributed by atoms with E-state index in [1.54, 1.807) is 0 Å². The highest BCUT2D eigenvalue weighted by molar-refractivity contribution is 5.79. The maximum Gasteiger partial charge on any atom is 0.191 e. The van der Waals surface area contributed by atoms with Crippen molar-refractivity contribution in [3.63, 3.8) is 0 Å². The van der Waals surface area contributed by atoms with Crippen molar-refractivity contribution in [3.05, 3.63) is 29.3 Å². The summed E-state index contributed by atoms with van der Waals surface area (Å²) >= 11 is 0. The number of hydrogen-bond donors (Lipinski definition) is 3. The van der Waals surface area contributed by atoms with Crippen LogP contribution in [-0.2, 0) is 6.54 Å². The van der Waals surface area contributed by atoms with Gasteiger partial charge in [0.1, 0.15) is 5.75 Å². The Labute approximate surface area is 157 Å².